The number of fused-ring (bicyclic) bond motifs is 1. The highest BCUT2D eigenvalue weighted by Gasteiger charge is 2.51. The van der Waals surface area contributed by atoms with E-state index in [1.807, 2.05) is 73.7 Å². The van der Waals surface area contributed by atoms with Crippen LogP contribution in [0.5, 0.6) is 0 Å². The summed E-state index contributed by atoms with van der Waals surface area (Å²) in [5, 5.41) is 18.6. The topological polar surface area (TPSA) is 137 Å². The average Bonchev–Trinajstić information content (AvgIpc) is 3.68. The highest BCUT2D eigenvalue weighted by molar-refractivity contribution is 5.97. The number of carboxylic acid groups (broad SMARTS) is 1. The van der Waals surface area contributed by atoms with Gasteiger partial charge in [-0.2, -0.15) is 0 Å². The lowest BCUT2D eigenvalue weighted by Crippen LogP contribution is -2.49. The number of hydrogen-bond donors (Lipinski definition) is 4. The molecule has 1 fully saturated rings. The van der Waals surface area contributed by atoms with Crippen LogP contribution in [0.2, 0.25) is 0 Å². The Kier molecular flexibility index (Phi) is 7.60. The molecule has 1 unspecified atom stereocenters. The summed E-state index contributed by atoms with van der Waals surface area (Å²) in [4.78, 5) is 48.5. The first-order chi connectivity index (χ1) is 17.3. The van der Waals surface area contributed by atoms with Gasteiger partial charge in [0, 0.05) is 13.0 Å². The molecule has 1 heterocycles. The minimum atomic E-state index is -1.20. The first-order valence-electron chi connectivity index (χ1n) is 11.6. The van der Waals surface area contributed by atoms with Crippen LogP contribution < -0.4 is 16.0 Å². The average molecular weight is 490 g/mol. The molecule has 9 nitrogen and oxygen atoms in total. The molecule has 1 aliphatic rings. The van der Waals surface area contributed by atoms with Gasteiger partial charge in [0.25, 0.3) is 11.8 Å². The van der Waals surface area contributed by atoms with Gasteiger partial charge in [0.2, 0.25) is 5.91 Å². The number of benzene rings is 3. The minimum Gasteiger partial charge on any atom is -0.480 e. The van der Waals surface area contributed by atoms with Crippen molar-refractivity contribution in [1.82, 2.24) is 16.0 Å². The fourth-order valence-corrected chi connectivity index (χ4v) is 3.95. The predicted molar refractivity (Wildman–Crippen MR) is 132 cm³/mol. The number of carbonyl (C=O) groups is 4. The van der Waals surface area contributed by atoms with Gasteiger partial charge in [0.1, 0.15) is 12.6 Å². The Morgan fingerprint density at radius 1 is 0.889 bits per heavy atom. The molecule has 186 valence electrons. The van der Waals surface area contributed by atoms with E-state index in [1.54, 1.807) is 0 Å². The fraction of sp³-hybridized carbons (Fsp3) is 0.259. The third-order valence-corrected chi connectivity index (χ3v) is 5.95. The molecular weight excluding hydrogens is 462 g/mol. The van der Waals surface area contributed by atoms with E-state index in [9.17, 15) is 19.2 Å². The maximum Gasteiger partial charge on any atom is 0.322 e. The number of nitrogens with one attached hydrogen (secondary N) is 3. The summed E-state index contributed by atoms with van der Waals surface area (Å²) in [6, 6.07) is 20.5. The zero-order chi connectivity index (χ0) is 25.7. The number of epoxide rings is 1. The van der Waals surface area contributed by atoms with Gasteiger partial charge in [0.15, 0.2) is 12.2 Å². The second-order valence-electron chi connectivity index (χ2n) is 8.70. The Morgan fingerprint density at radius 2 is 1.58 bits per heavy atom. The number of ether oxygens (including phenoxy) is 1. The molecule has 0 aromatic heterocycles. The van der Waals surface area contributed by atoms with Gasteiger partial charge in [-0.25, -0.2) is 0 Å². The van der Waals surface area contributed by atoms with Gasteiger partial charge in [-0.1, -0.05) is 72.3 Å². The molecule has 1 saturated heterocycles. The van der Waals surface area contributed by atoms with Gasteiger partial charge < -0.3 is 25.8 Å². The summed E-state index contributed by atoms with van der Waals surface area (Å²) >= 11 is 0. The Morgan fingerprint density at radius 3 is 2.33 bits per heavy atom. The lowest BCUT2D eigenvalue weighted by Gasteiger charge is -2.19. The molecule has 3 aromatic rings. The summed E-state index contributed by atoms with van der Waals surface area (Å²) in [5.74, 6) is -2.87. The summed E-state index contributed by atoms with van der Waals surface area (Å²) < 4.78 is 5.15. The van der Waals surface area contributed by atoms with Crippen LogP contribution in [0.25, 0.3) is 10.8 Å². The van der Waals surface area contributed by atoms with E-state index in [0.29, 0.717) is 0 Å². The third kappa shape index (κ3) is 6.25. The quantitative estimate of drug-likeness (QED) is 0.318. The smallest absolute Gasteiger partial charge is 0.322 e. The fourth-order valence-electron chi connectivity index (χ4n) is 3.95. The zero-order valence-electron chi connectivity index (χ0n) is 19.7. The van der Waals surface area contributed by atoms with Crippen LogP contribution in [0.3, 0.4) is 0 Å². The van der Waals surface area contributed by atoms with Gasteiger partial charge in [-0.3, -0.25) is 19.2 Å². The monoisotopic (exact) mass is 489 g/mol. The molecule has 3 amide bonds. The van der Waals surface area contributed by atoms with Crippen LogP contribution in [0.1, 0.15) is 16.7 Å². The van der Waals surface area contributed by atoms with E-state index >= 15 is 0 Å². The van der Waals surface area contributed by atoms with Gasteiger partial charge in [-0.15, -0.1) is 0 Å². The van der Waals surface area contributed by atoms with Crippen LogP contribution in [0, 0.1) is 6.92 Å². The van der Waals surface area contributed by atoms with E-state index in [0.717, 1.165) is 27.5 Å². The lowest BCUT2D eigenvalue weighted by molar-refractivity contribution is -0.138. The van der Waals surface area contributed by atoms with Crippen molar-refractivity contribution in [1.29, 1.82) is 0 Å². The van der Waals surface area contributed by atoms with Crippen molar-refractivity contribution in [3.8, 4) is 0 Å². The van der Waals surface area contributed by atoms with Crippen molar-refractivity contribution in [3.63, 3.8) is 0 Å². The van der Waals surface area contributed by atoms with E-state index in [2.05, 4.69) is 16.0 Å². The normalized spacial score (nSPS) is 17.1. The molecule has 4 rings (SSSR count). The molecule has 4 N–H and O–H groups in total. The summed E-state index contributed by atoms with van der Waals surface area (Å²) in [5.41, 5.74) is 2.88. The Balaban J connectivity index is 1.43. The molecule has 0 spiro atoms. The lowest BCUT2D eigenvalue weighted by atomic mass is 10.0. The number of aliphatic carboxylic acids is 1. The summed E-state index contributed by atoms with van der Waals surface area (Å²) in [6.07, 6.45) is -1.91. The van der Waals surface area contributed by atoms with Gasteiger partial charge >= 0.3 is 5.97 Å². The van der Waals surface area contributed by atoms with Crippen LogP contribution in [0.15, 0.2) is 66.7 Å². The molecule has 0 saturated carbocycles. The maximum absolute atomic E-state index is 13.2. The van der Waals surface area contributed by atoms with Gasteiger partial charge in [-0.05, 0) is 28.8 Å². The van der Waals surface area contributed by atoms with E-state index in [-0.39, 0.29) is 18.9 Å². The molecule has 9 heteroatoms. The van der Waals surface area contributed by atoms with Crippen molar-refractivity contribution in [2.75, 3.05) is 6.54 Å². The Labute approximate surface area is 207 Å². The minimum absolute atomic E-state index is 0.246. The molecule has 36 heavy (non-hydrogen) atoms. The molecule has 0 bridgehead atoms. The molecular formula is C27H27N3O6. The number of amides is 3. The van der Waals surface area contributed by atoms with Crippen molar-refractivity contribution in [2.45, 2.75) is 38.1 Å². The Hall–Kier alpha value is -4.24. The number of aryl methyl sites for hydroxylation is 1. The standard InChI is InChI=1S/C27H27N3O6/c1-16-9-11-17(12-10-16)13-21(30-27(35)24-23(36-24)26(34)29-15-22(31)32)25(33)28-14-19-7-4-6-18-5-2-3-8-20(18)19/h2-12,21,23-24H,13-15H2,1H3,(H,28,33)(H,29,34)(H,30,35)(H,31,32)/t21-,23-,24?/m0/s1. The van der Waals surface area contributed by atoms with Crippen molar-refractivity contribution < 1.29 is 29.0 Å². The van der Waals surface area contributed by atoms with Crippen molar-refractivity contribution in [3.05, 3.63) is 83.4 Å². The number of carbonyl (C=O) groups excluding carboxylic acids is 3. The highest BCUT2D eigenvalue weighted by Crippen LogP contribution is 2.23. The Bertz CT molecular complexity index is 1280. The van der Waals surface area contributed by atoms with Crippen LogP contribution in [-0.4, -0.2) is 53.6 Å². The number of rotatable bonds is 10. The van der Waals surface area contributed by atoms with Crippen LogP contribution in [0.4, 0.5) is 0 Å². The summed E-state index contributed by atoms with van der Waals surface area (Å²) in [7, 11) is 0. The first-order valence-corrected chi connectivity index (χ1v) is 11.6. The van der Waals surface area contributed by atoms with E-state index < -0.39 is 42.6 Å². The van der Waals surface area contributed by atoms with Crippen molar-refractivity contribution >= 4 is 34.5 Å². The molecule has 0 aliphatic carbocycles. The summed E-state index contributed by atoms with van der Waals surface area (Å²) in [6.45, 7) is 1.67. The maximum atomic E-state index is 13.2. The van der Waals surface area contributed by atoms with Crippen molar-refractivity contribution in [2.24, 2.45) is 0 Å². The first kappa shape index (κ1) is 24.9. The second-order valence-corrected chi connectivity index (χ2v) is 8.70. The third-order valence-electron chi connectivity index (χ3n) is 5.95. The largest absolute Gasteiger partial charge is 0.480 e. The number of carboxylic acids is 1. The SMILES string of the molecule is Cc1ccc(C[C@H](NC(=O)C2O[C@@H]2C(=O)NCC(=O)O)C(=O)NCc2cccc3ccccc23)cc1. The molecule has 1 aliphatic heterocycles. The van der Waals surface area contributed by atoms with E-state index in [4.69, 9.17) is 9.84 Å². The van der Waals surface area contributed by atoms with Gasteiger partial charge in [0.05, 0.1) is 0 Å². The molecule has 3 atom stereocenters. The van der Waals surface area contributed by atoms with Crippen LogP contribution >= 0.6 is 0 Å². The highest BCUT2D eigenvalue weighted by atomic mass is 16.6. The predicted octanol–water partition coefficient (Wildman–Crippen LogP) is 1.46. The second kappa shape index (κ2) is 11.0. The zero-order valence-corrected chi connectivity index (χ0v) is 19.7. The molecule has 0 radical (unpaired) electrons. The number of hydrogen-bond acceptors (Lipinski definition) is 5. The van der Waals surface area contributed by atoms with E-state index in [1.165, 1.54) is 0 Å². The molecule has 3 aromatic carbocycles. The van der Waals surface area contributed by atoms with Crippen LogP contribution in [-0.2, 0) is 36.9 Å².